The molecule has 3 N–H and O–H groups in total. The Labute approximate surface area is 352 Å². The van der Waals surface area contributed by atoms with Gasteiger partial charge in [-0.1, -0.05) is 47.6 Å². The smallest absolute Gasteiger partial charge is 0.336 e. The summed E-state index contributed by atoms with van der Waals surface area (Å²) in [6, 6.07) is 7.67. The summed E-state index contributed by atoms with van der Waals surface area (Å²) in [6.07, 6.45) is 3.28. The topological polar surface area (TPSA) is 188 Å². The minimum atomic E-state index is -4.46. The number of halogens is 2. The van der Waals surface area contributed by atoms with Crippen molar-refractivity contribution < 1.29 is 36.3 Å². The van der Waals surface area contributed by atoms with Crippen LogP contribution in [0.1, 0.15) is 88.0 Å². The van der Waals surface area contributed by atoms with Gasteiger partial charge in [0.25, 0.3) is 21.5 Å². The highest BCUT2D eigenvalue weighted by atomic mass is 32.2. The van der Waals surface area contributed by atoms with Crippen molar-refractivity contribution in [2.45, 2.75) is 98.1 Å². The van der Waals surface area contributed by atoms with Crippen LogP contribution in [0.4, 0.5) is 20.2 Å². The van der Waals surface area contributed by atoms with E-state index in [0.29, 0.717) is 41.1 Å². The van der Waals surface area contributed by atoms with Gasteiger partial charge in [0.2, 0.25) is 5.91 Å². The number of sulfonamides is 1. The summed E-state index contributed by atoms with van der Waals surface area (Å²) in [7, 11) is -2.92. The molecular formula is C44H50F2N6O8S. The molecule has 4 aromatic rings. The van der Waals surface area contributed by atoms with Gasteiger partial charge in [-0.3, -0.25) is 19.1 Å². The molecule has 3 saturated carbocycles. The van der Waals surface area contributed by atoms with Gasteiger partial charge in [0.05, 0.1) is 16.1 Å². The van der Waals surface area contributed by atoms with Gasteiger partial charge in [-0.15, -0.1) is 0 Å². The summed E-state index contributed by atoms with van der Waals surface area (Å²) in [4.78, 5) is 70.1. The lowest BCUT2D eigenvalue weighted by Crippen LogP contribution is -2.47. The molecule has 2 aromatic heterocycles. The molecule has 61 heavy (non-hydrogen) atoms. The fourth-order valence-corrected chi connectivity index (χ4v) is 10.8. The van der Waals surface area contributed by atoms with Crippen LogP contribution >= 0.6 is 0 Å². The second kappa shape index (κ2) is 14.7. The maximum absolute atomic E-state index is 15.7. The number of pyridine rings is 1. The van der Waals surface area contributed by atoms with Crippen molar-refractivity contribution in [3.8, 4) is 5.82 Å². The van der Waals surface area contributed by atoms with Gasteiger partial charge in [0, 0.05) is 54.0 Å². The second-order valence-corrected chi connectivity index (χ2v) is 20.0. The largest absolute Gasteiger partial charge is 0.461 e. The summed E-state index contributed by atoms with van der Waals surface area (Å²) >= 11 is 0. The maximum Gasteiger partial charge on any atom is 0.336 e. The van der Waals surface area contributed by atoms with Crippen LogP contribution in [0.5, 0.6) is 0 Å². The lowest BCUT2D eigenvalue weighted by atomic mass is 9.65. The van der Waals surface area contributed by atoms with E-state index >= 15 is 8.78 Å². The van der Waals surface area contributed by atoms with E-state index in [-0.39, 0.29) is 45.2 Å². The maximum atomic E-state index is 15.7. The summed E-state index contributed by atoms with van der Waals surface area (Å²) < 4.78 is 67.9. The zero-order valence-electron chi connectivity index (χ0n) is 35.5. The number of amides is 2. The van der Waals surface area contributed by atoms with E-state index in [1.807, 2.05) is 4.72 Å². The van der Waals surface area contributed by atoms with Crippen molar-refractivity contribution in [3.05, 3.63) is 110 Å². The first-order valence-electron chi connectivity index (χ1n) is 20.0. The third-order valence-corrected chi connectivity index (χ3v) is 15.4. The van der Waals surface area contributed by atoms with Crippen LogP contribution in [0.25, 0.3) is 5.82 Å². The van der Waals surface area contributed by atoms with E-state index < -0.39 is 73.6 Å². The Kier molecular flexibility index (Phi) is 10.5. The van der Waals surface area contributed by atoms with Gasteiger partial charge in [0.15, 0.2) is 0 Å². The van der Waals surface area contributed by atoms with Crippen LogP contribution < -0.4 is 26.6 Å². The highest BCUT2D eigenvalue weighted by Crippen LogP contribution is 2.92. The first kappa shape index (κ1) is 43.4. The number of aromatic nitrogens is 3. The molecule has 0 radical (unpaired) electrons. The first-order chi connectivity index (χ1) is 28.3. The lowest BCUT2D eigenvalue weighted by molar-refractivity contribution is -0.158. The monoisotopic (exact) mass is 860 g/mol. The third-order valence-electron chi connectivity index (χ3n) is 14.0. The number of esters is 1. The van der Waals surface area contributed by atoms with Crippen LogP contribution in [0.3, 0.4) is 0 Å². The van der Waals surface area contributed by atoms with Crippen LogP contribution in [-0.4, -0.2) is 52.5 Å². The molecule has 3 aliphatic carbocycles. The van der Waals surface area contributed by atoms with Gasteiger partial charge in [-0.05, 0) is 91.3 Å². The predicted molar refractivity (Wildman–Crippen MR) is 223 cm³/mol. The van der Waals surface area contributed by atoms with E-state index in [1.54, 1.807) is 34.6 Å². The van der Waals surface area contributed by atoms with Gasteiger partial charge in [-0.25, -0.2) is 36.3 Å². The van der Waals surface area contributed by atoms with Crippen molar-refractivity contribution in [2.24, 2.45) is 34.6 Å². The number of benzene rings is 2. The number of hydrogen-bond acceptors (Lipinski definition) is 9. The summed E-state index contributed by atoms with van der Waals surface area (Å²) in [6.45, 7) is 15.1. The molecule has 0 aliphatic heterocycles. The zero-order chi connectivity index (χ0) is 44.8. The van der Waals surface area contributed by atoms with Crippen LogP contribution in [-0.2, 0) is 37.8 Å². The van der Waals surface area contributed by atoms with E-state index in [1.165, 1.54) is 54.2 Å². The Morgan fingerprint density at radius 2 is 1.67 bits per heavy atom. The van der Waals surface area contributed by atoms with Crippen LogP contribution in [0, 0.1) is 53.1 Å². The molecule has 0 bridgehead atoms. The predicted octanol–water partition coefficient (Wildman–Crippen LogP) is 5.71. The van der Waals surface area contributed by atoms with E-state index in [4.69, 9.17) is 4.74 Å². The van der Waals surface area contributed by atoms with E-state index in [9.17, 15) is 32.4 Å². The number of nitrogens with zero attached hydrogens (tertiary/aromatic N) is 3. The Hall–Kier alpha value is -5.71. The van der Waals surface area contributed by atoms with Gasteiger partial charge in [0.1, 0.15) is 29.6 Å². The first-order valence-corrected chi connectivity index (χ1v) is 21.5. The van der Waals surface area contributed by atoms with Gasteiger partial charge in [-0.2, -0.15) is 0 Å². The second-order valence-electron chi connectivity index (χ2n) is 18.3. The summed E-state index contributed by atoms with van der Waals surface area (Å²) in [5.41, 5.74) is -1.72. The average molecular weight is 861 g/mol. The molecule has 0 saturated heterocycles. The molecular weight excluding hydrogens is 811 g/mol. The highest BCUT2D eigenvalue weighted by molar-refractivity contribution is 7.92. The van der Waals surface area contributed by atoms with Crippen LogP contribution in [0.15, 0.2) is 69.2 Å². The molecule has 3 aliphatic rings. The number of ether oxygens (including phenoxy) is 1. The van der Waals surface area contributed by atoms with Crippen LogP contribution in [0.2, 0.25) is 0 Å². The molecule has 5 atom stereocenters. The molecule has 324 valence electrons. The molecule has 14 nitrogen and oxygen atoms in total. The Morgan fingerprint density at radius 1 is 1.00 bits per heavy atom. The number of carbonyl (C=O) groups is 3. The van der Waals surface area contributed by atoms with E-state index in [0.717, 1.165) is 17.4 Å². The molecule has 1 spiro atoms. The van der Waals surface area contributed by atoms with Gasteiger partial charge >= 0.3 is 11.7 Å². The average Bonchev–Trinajstić information content (AvgIpc) is 3.50. The Bertz CT molecular complexity index is 2690. The fourth-order valence-electron chi connectivity index (χ4n) is 9.76. The number of carbonyl (C=O) groups excluding carboxylic acids is 3. The number of anilines is 2. The molecule has 7 rings (SSSR count). The van der Waals surface area contributed by atoms with Gasteiger partial charge < -0.3 is 19.9 Å². The number of hydrogen-bond donors (Lipinski definition) is 3. The molecule has 2 amide bonds. The normalized spacial score (nSPS) is 22.9. The van der Waals surface area contributed by atoms with Crippen molar-refractivity contribution in [1.82, 2.24) is 19.4 Å². The van der Waals surface area contributed by atoms with E-state index in [2.05, 4.69) is 36.4 Å². The molecule has 17 heteroatoms. The number of rotatable bonds is 11. The standard InChI is InChI=1S/C44H50F2N6O8S/c1-23-24(2)51(9)40(57)52(37(23)54)35-15-10-25(22-47-35)18-33(38(55)60-34-21-43(8)42(6,7)44(43)17-16-29(34)44)49-36(53)28-19-31(46)32(20-30(28)45)50-61(58,59)27-13-11-26(12-14-27)48-39(56)41(3,4)5/h10-15,19-20,22,29,33-34,50H,16-18,21H2,1-9H3,(H,48,56)(H,49,53)/t29?,33-,34+,43-,44?/m0/s1. The zero-order valence-corrected chi connectivity index (χ0v) is 36.3. The molecule has 2 aromatic carbocycles. The SMILES string of the molecule is Cc1c(C)n(C)c(=O)n(-c2ccc(C[C@H](NC(=O)c3cc(F)c(NS(=O)(=O)c4ccc(NC(=O)C(C)(C)C)cc4)cc3F)C(=O)O[C@@H]3C[C@@]4(C)C(C)(C)C45CCC35)cn2)c1=O. The van der Waals surface area contributed by atoms with Crippen molar-refractivity contribution in [1.29, 1.82) is 0 Å². The molecule has 2 unspecified atom stereocenters. The molecule has 2 heterocycles. The van der Waals surface area contributed by atoms with Crippen molar-refractivity contribution in [3.63, 3.8) is 0 Å². The lowest BCUT2D eigenvalue weighted by Gasteiger charge is -2.42. The minimum absolute atomic E-state index is 0.0209. The molecule has 3 fully saturated rings. The fraction of sp³-hybridized carbons (Fsp3) is 0.455. The number of nitrogens with one attached hydrogen (secondary N) is 3. The Balaban J connectivity index is 1.11. The summed E-state index contributed by atoms with van der Waals surface area (Å²) in [5.74, 6) is -4.63. The van der Waals surface area contributed by atoms with Crippen molar-refractivity contribution >= 4 is 39.2 Å². The minimum Gasteiger partial charge on any atom is -0.461 e. The Morgan fingerprint density at radius 3 is 2.25 bits per heavy atom. The third kappa shape index (κ3) is 7.03. The quantitative estimate of drug-likeness (QED) is 0.159. The van der Waals surface area contributed by atoms with Crippen molar-refractivity contribution in [2.75, 3.05) is 10.0 Å². The highest BCUT2D eigenvalue weighted by Gasteiger charge is 2.89. The summed E-state index contributed by atoms with van der Waals surface area (Å²) in [5, 5.41) is 5.17.